The normalized spacial score (nSPS) is 19.9. The lowest BCUT2D eigenvalue weighted by molar-refractivity contribution is -0.121. The van der Waals surface area contributed by atoms with Gasteiger partial charge in [-0.1, -0.05) is 12.5 Å². The molecular formula is C27H32N4O4. The molecule has 3 heterocycles. The van der Waals surface area contributed by atoms with E-state index in [1.54, 1.807) is 13.3 Å². The molecule has 2 aromatic carbocycles. The van der Waals surface area contributed by atoms with Crippen molar-refractivity contribution in [1.82, 2.24) is 15.1 Å². The molecule has 0 spiro atoms. The van der Waals surface area contributed by atoms with E-state index in [-0.39, 0.29) is 11.8 Å². The van der Waals surface area contributed by atoms with Crippen molar-refractivity contribution in [2.24, 2.45) is 5.92 Å². The van der Waals surface area contributed by atoms with Crippen LogP contribution in [0.4, 0.5) is 5.69 Å². The Hall–Kier alpha value is -3.52. The van der Waals surface area contributed by atoms with E-state index in [9.17, 15) is 4.79 Å². The first kappa shape index (κ1) is 23.2. The van der Waals surface area contributed by atoms with Crippen LogP contribution < -0.4 is 19.5 Å². The van der Waals surface area contributed by atoms with E-state index < -0.39 is 0 Å². The molecule has 5 rings (SSSR count). The average molecular weight is 477 g/mol. The monoisotopic (exact) mass is 476 g/mol. The van der Waals surface area contributed by atoms with Crippen LogP contribution >= 0.6 is 0 Å². The number of methoxy groups -OCH3 is 1. The Morgan fingerprint density at radius 2 is 2.14 bits per heavy atom. The fourth-order valence-electron chi connectivity index (χ4n) is 4.78. The molecule has 8 heteroatoms. The van der Waals surface area contributed by atoms with Gasteiger partial charge in [-0.25, -0.2) is 0 Å². The van der Waals surface area contributed by atoms with Crippen molar-refractivity contribution in [2.75, 3.05) is 39.2 Å². The zero-order valence-corrected chi connectivity index (χ0v) is 20.3. The van der Waals surface area contributed by atoms with Crippen LogP contribution in [0.3, 0.4) is 0 Å². The second-order valence-corrected chi connectivity index (χ2v) is 9.31. The maximum atomic E-state index is 13.3. The van der Waals surface area contributed by atoms with Crippen molar-refractivity contribution in [3.8, 4) is 28.4 Å². The lowest BCUT2D eigenvalue weighted by Crippen LogP contribution is -2.40. The van der Waals surface area contributed by atoms with Crippen molar-refractivity contribution in [1.29, 1.82) is 0 Å². The van der Waals surface area contributed by atoms with Gasteiger partial charge in [0, 0.05) is 17.8 Å². The maximum Gasteiger partial charge on any atom is 0.231 e. The number of piperidine rings is 1. The molecule has 0 aliphatic carbocycles. The van der Waals surface area contributed by atoms with Gasteiger partial charge < -0.3 is 24.4 Å². The summed E-state index contributed by atoms with van der Waals surface area (Å²) >= 11 is 0. The Kier molecular flexibility index (Phi) is 6.90. The van der Waals surface area contributed by atoms with E-state index >= 15 is 0 Å². The third-order valence-electron chi connectivity index (χ3n) is 6.97. The third kappa shape index (κ3) is 5.27. The Morgan fingerprint density at radius 1 is 1.23 bits per heavy atom. The highest BCUT2D eigenvalue weighted by molar-refractivity contribution is 5.95. The minimum Gasteiger partial charge on any atom is -0.497 e. The minimum atomic E-state index is -0.305. The van der Waals surface area contributed by atoms with Gasteiger partial charge in [0.15, 0.2) is 0 Å². The average Bonchev–Trinajstić information content (AvgIpc) is 3.43. The molecule has 8 nitrogen and oxygen atoms in total. The largest absolute Gasteiger partial charge is 0.497 e. The number of hydrogen-bond acceptors (Lipinski definition) is 6. The maximum absolute atomic E-state index is 13.3. The summed E-state index contributed by atoms with van der Waals surface area (Å²) in [5.41, 5.74) is 3.58. The summed E-state index contributed by atoms with van der Waals surface area (Å²) in [4.78, 5) is 15.6. The second-order valence-electron chi connectivity index (χ2n) is 9.31. The predicted molar refractivity (Wildman–Crippen MR) is 134 cm³/mol. The predicted octanol–water partition coefficient (Wildman–Crippen LogP) is 4.14. The summed E-state index contributed by atoms with van der Waals surface area (Å²) < 4.78 is 17.5. The number of aromatic nitrogens is 2. The number of H-pyrrole nitrogens is 1. The summed E-state index contributed by atoms with van der Waals surface area (Å²) in [6, 6.07) is 11.9. The highest BCUT2D eigenvalue weighted by Crippen LogP contribution is 2.34. The van der Waals surface area contributed by atoms with Gasteiger partial charge in [0.05, 0.1) is 24.9 Å². The standard InChI is InChI=1S/C27H32N4O4/c1-31-10-4-3-5-22(31)17-35-26-13-18(21-14-28-29-15-21)6-8-24(26)30-27(32)20-11-19-12-23(33-2)7-9-25(19)34-16-20/h6-9,12-15,20,22H,3-5,10-11,16-17H2,1-2H3,(H,28,29)(H,30,32)/t20-,22-/m0/s1. The molecule has 2 aliphatic heterocycles. The molecular weight excluding hydrogens is 444 g/mol. The van der Waals surface area contributed by atoms with Gasteiger partial charge in [0.2, 0.25) is 5.91 Å². The summed E-state index contributed by atoms with van der Waals surface area (Å²) in [5.74, 6) is 1.83. The first-order valence-electron chi connectivity index (χ1n) is 12.2. The second kappa shape index (κ2) is 10.4. The molecule has 1 fully saturated rings. The SMILES string of the molecule is COc1ccc2c(c1)C[C@H](C(=O)Nc1ccc(-c3cn[nH]c3)cc1OC[C@@H]1CCCCN1C)CO2. The number of nitrogens with zero attached hydrogens (tertiary/aromatic N) is 2. The molecule has 0 saturated carbocycles. The van der Waals surface area contributed by atoms with E-state index in [1.165, 1.54) is 12.8 Å². The van der Waals surface area contributed by atoms with Crippen LogP contribution in [0.5, 0.6) is 17.2 Å². The molecule has 2 N–H and O–H groups in total. The van der Waals surface area contributed by atoms with Gasteiger partial charge in [-0.2, -0.15) is 5.10 Å². The van der Waals surface area contributed by atoms with Gasteiger partial charge in [0.25, 0.3) is 0 Å². The highest BCUT2D eigenvalue weighted by Gasteiger charge is 2.27. The number of carbonyl (C=O) groups is 1. The molecule has 35 heavy (non-hydrogen) atoms. The van der Waals surface area contributed by atoms with E-state index in [0.29, 0.717) is 37.1 Å². The van der Waals surface area contributed by atoms with Crippen LogP contribution in [0, 0.1) is 5.92 Å². The van der Waals surface area contributed by atoms with Crippen LogP contribution in [-0.2, 0) is 11.2 Å². The van der Waals surface area contributed by atoms with Crippen molar-refractivity contribution in [3.05, 3.63) is 54.4 Å². The van der Waals surface area contributed by atoms with Gasteiger partial charge >= 0.3 is 0 Å². The number of aromatic amines is 1. The van der Waals surface area contributed by atoms with Crippen LogP contribution in [0.15, 0.2) is 48.8 Å². The number of amides is 1. The lowest BCUT2D eigenvalue weighted by Gasteiger charge is -2.32. The van der Waals surface area contributed by atoms with Crippen LogP contribution in [0.2, 0.25) is 0 Å². The van der Waals surface area contributed by atoms with E-state index in [2.05, 4.69) is 27.5 Å². The Labute approximate surface area is 205 Å². The summed E-state index contributed by atoms with van der Waals surface area (Å²) in [7, 11) is 3.78. The number of ether oxygens (including phenoxy) is 3. The van der Waals surface area contributed by atoms with Crippen molar-refractivity contribution < 1.29 is 19.0 Å². The molecule has 0 bridgehead atoms. The quantitative estimate of drug-likeness (QED) is 0.533. The van der Waals surface area contributed by atoms with E-state index in [4.69, 9.17) is 14.2 Å². The van der Waals surface area contributed by atoms with Crippen LogP contribution in [0.25, 0.3) is 11.1 Å². The smallest absolute Gasteiger partial charge is 0.231 e. The summed E-state index contributed by atoms with van der Waals surface area (Å²) in [5, 5.41) is 10.0. The highest BCUT2D eigenvalue weighted by atomic mass is 16.5. The third-order valence-corrected chi connectivity index (χ3v) is 6.97. The zero-order valence-electron chi connectivity index (χ0n) is 20.3. The number of likely N-dealkylation sites (N-methyl/N-ethyl adjacent to an activating group) is 1. The van der Waals surface area contributed by atoms with Gasteiger partial charge in [-0.05, 0) is 74.3 Å². The molecule has 1 aromatic heterocycles. The minimum absolute atomic E-state index is 0.0887. The fourth-order valence-corrected chi connectivity index (χ4v) is 4.78. The Bertz CT molecular complexity index is 1160. The van der Waals surface area contributed by atoms with E-state index in [1.807, 2.05) is 42.6 Å². The first-order chi connectivity index (χ1) is 17.1. The van der Waals surface area contributed by atoms with Gasteiger partial charge in [0.1, 0.15) is 30.5 Å². The molecule has 0 radical (unpaired) electrons. The number of benzene rings is 2. The van der Waals surface area contributed by atoms with Crippen molar-refractivity contribution >= 4 is 11.6 Å². The summed E-state index contributed by atoms with van der Waals surface area (Å²) in [6.45, 7) is 2.00. The van der Waals surface area contributed by atoms with Crippen LogP contribution in [-0.4, -0.2) is 61.0 Å². The van der Waals surface area contributed by atoms with E-state index in [0.717, 1.165) is 41.2 Å². The summed E-state index contributed by atoms with van der Waals surface area (Å²) in [6.07, 6.45) is 7.76. The number of nitrogens with one attached hydrogen (secondary N) is 2. The molecule has 0 unspecified atom stereocenters. The lowest BCUT2D eigenvalue weighted by atomic mass is 9.95. The first-order valence-corrected chi connectivity index (χ1v) is 12.2. The fraction of sp³-hybridized carbons (Fsp3) is 0.407. The van der Waals surface area contributed by atoms with Crippen LogP contribution in [0.1, 0.15) is 24.8 Å². The number of likely N-dealkylation sites (tertiary alicyclic amines) is 1. The molecule has 1 saturated heterocycles. The number of anilines is 1. The van der Waals surface area contributed by atoms with Gasteiger partial charge in [-0.15, -0.1) is 0 Å². The Morgan fingerprint density at radius 3 is 2.94 bits per heavy atom. The molecule has 1 amide bonds. The van der Waals surface area contributed by atoms with Crippen molar-refractivity contribution in [2.45, 2.75) is 31.7 Å². The number of fused-ring (bicyclic) bond motifs is 1. The molecule has 3 aromatic rings. The number of rotatable bonds is 7. The zero-order chi connectivity index (χ0) is 24.2. The number of carbonyl (C=O) groups excluding carboxylic acids is 1. The molecule has 184 valence electrons. The number of hydrogen-bond donors (Lipinski definition) is 2. The topological polar surface area (TPSA) is 88.7 Å². The van der Waals surface area contributed by atoms with Gasteiger partial charge in [-0.3, -0.25) is 9.89 Å². The molecule has 2 aliphatic rings. The molecule has 2 atom stereocenters. The Balaban J connectivity index is 1.33. The van der Waals surface area contributed by atoms with Crippen molar-refractivity contribution in [3.63, 3.8) is 0 Å².